The molecule has 1 saturated heterocycles. The fourth-order valence-electron chi connectivity index (χ4n) is 6.06. The Morgan fingerprint density at radius 1 is 0.469 bits per heavy atom. The molecule has 1 aliphatic carbocycles. The summed E-state index contributed by atoms with van der Waals surface area (Å²) in [6.07, 6.45) is 0. The average Bonchev–Trinajstić information content (AvgIpc) is 3.47. The second-order valence-electron chi connectivity index (χ2n) is 8.85. The quantitative estimate of drug-likeness (QED) is 0.180. The molecule has 3 aliphatic rings. The molecule has 1 fully saturated rings. The maximum atomic E-state index is 2.49. The van der Waals surface area contributed by atoms with Crippen molar-refractivity contribution in [1.29, 1.82) is 0 Å². The first-order valence-corrected chi connectivity index (χ1v) is 14.2. The van der Waals surface area contributed by atoms with Crippen LogP contribution in [-0.2, 0) is 9.49 Å². The van der Waals surface area contributed by atoms with Crippen LogP contribution in [0.25, 0.3) is 21.9 Å². The fraction of sp³-hybridized carbons (Fsp3) is 0.0667. The summed E-state index contributed by atoms with van der Waals surface area (Å²) in [5.41, 5.74) is 8.93. The molecule has 150 valence electrons. The van der Waals surface area contributed by atoms with Gasteiger partial charge in [0.25, 0.3) is 0 Å². The Bertz CT molecular complexity index is 1550. The van der Waals surface area contributed by atoms with Gasteiger partial charge in [0.2, 0.25) is 0 Å². The van der Waals surface area contributed by atoms with E-state index in [2.05, 4.69) is 121 Å². The molecule has 2 aliphatic heterocycles. The molecule has 0 radical (unpaired) electrons. The van der Waals surface area contributed by atoms with E-state index in [1.807, 2.05) is 0 Å². The molecule has 0 N–H and O–H groups in total. The van der Waals surface area contributed by atoms with Gasteiger partial charge >= 0.3 is 203 Å². The molecule has 0 nitrogen and oxygen atoms in total. The van der Waals surface area contributed by atoms with E-state index in [4.69, 9.17) is 0 Å². The van der Waals surface area contributed by atoms with Crippen molar-refractivity contribution in [2.24, 2.45) is 0 Å². The number of benzene rings is 5. The molecular formula is C30H18STe. The molecule has 1 unspecified atom stereocenters. The average molecular weight is 538 g/mol. The van der Waals surface area contributed by atoms with Crippen LogP contribution in [0.3, 0.4) is 0 Å². The molecule has 32 heavy (non-hydrogen) atoms. The SMILES string of the molecule is c1ccc2c(c1)[Te]c1ccccc1C21SC12c1ccccc1-c1cc3ccccc3cc12. The van der Waals surface area contributed by atoms with Gasteiger partial charge in [0.05, 0.1) is 0 Å². The van der Waals surface area contributed by atoms with E-state index in [1.165, 1.54) is 33.0 Å². The Hall–Kier alpha value is -2.50. The zero-order valence-electron chi connectivity index (χ0n) is 17.2. The third-order valence-corrected chi connectivity index (χ3v) is 12.6. The maximum absolute atomic E-state index is 2.49. The van der Waals surface area contributed by atoms with Crippen LogP contribution in [-0.4, -0.2) is 20.9 Å². The topological polar surface area (TPSA) is 0 Å². The number of hydrogen-bond acceptors (Lipinski definition) is 1. The van der Waals surface area contributed by atoms with Gasteiger partial charge in [0.15, 0.2) is 0 Å². The molecule has 2 heteroatoms. The Labute approximate surface area is 201 Å². The van der Waals surface area contributed by atoms with Gasteiger partial charge in [-0.1, -0.05) is 0 Å². The fourth-order valence-corrected chi connectivity index (χ4v) is 11.9. The Kier molecular flexibility index (Phi) is 3.42. The Balaban J connectivity index is 1.52. The van der Waals surface area contributed by atoms with Gasteiger partial charge in [-0.3, -0.25) is 0 Å². The zero-order valence-corrected chi connectivity index (χ0v) is 20.4. The van der Waals surface area contributed by atoms with Crippen LogP contribution in [0.1, 0.15) is 22.3 Å². The monoisotopic (exact) mass is 540 g/mol. The van der Waals surface area contributed by atoms with Gasteiger partial charge in [0, 0.05) is 0 Å². The number of fused-ring (bicyclic) bond motifs is 11. The van der Waals surface area contributed by atoms with E-state index in [0.29, 0.717) is 0 Å². The van der Waals surface area contributed by atoms with Crippen molar-refractivity contribution < 1.29 is 0 Å². The second-order valence-corrected chi connectivity index (χ2v) is 13.4. The molecule has 1 atom stereocenters. The summed E-state index contributed by atoms with van der Waals surface area (Å²) >= 11 is 1.80. The van der Waals surface area contributed by atoms with Gasteiger partial charge in [-0.2, -0.15) is 0 Å². The summed E-state index contributed by atoms with van der Waals surface area (Å²) in [4.78, 5) is 0. The van der Waals surface area contributed by atoms with E-state index in [0.717, 1.165) is 0 Å². The van der Waals surface area contributed by atoms with Crippen LogP contribution in [0.4, 0.5) is 0 Å². The molecular weight excluding hydrogens is 520 g/mol. The number of hydrogen-bond donors (Lipinski definition) is 0. The zero-order chi connectivity index (χ0) is 20.9. The van der Waals surface area contributed by atoms with Crippen molar-refractivity contribution in [2.45, 2.75) is 9.49 Å². The Morgan fingerprint density at radius 2 is 1.00 bits per heavy atom. The number of thioether (sulfide) groups is 1. The van der Waals surface area contributed by atoms with Crippen LogP contribution >= 0.6 is 11.8 Å². The van der Waals surface area contributed by atoms with Crippen LogP contribution in [0, 0.1) is 0 Å². The second kappa shape index (κ2) is 6.09. The molecule has 5 aromatic rings. The summed E-state index contributed by atoms with van der Waals surface area (Å²) in [5.74, 6) is 0. The van der Waals surface area contributed by atoms with Gasteiger partial charge < -0.3 is 0 Å². The molecule has 8 rings (SSSR count). The van der Waals surface area contributed by atoms with Gasteiger partial charge in [-0.15, -0.1) is 0 Å². The van der Waals surface area contributed by atoms with E-state index < -0.39 is 0 Å². The predicted molar refractivity (Wildman–Crippen MR) is 136 cm³/mol. The van der Waals surface area contributed by atoms with Crippen molar-refractivity contribution in [3.05, 3.63) is 131 Å². The van der Waals surface area contributed by atoms with E-state index in [9.17, 15) is 0 Å². The van der Waals surface area contributed by atoms with Crippen molar-refractivity contribution in [3.8, 4) is 11.1 Å². The summed E-state index contributed by atoms with van der Waals surface area (Å²) < 4.78 is 3.12. The summed E-state index contributed by atoms with van der Waals surface area (Å²) in [6, 6.07) is 41.5. The van der Waals surface area contributed by atoms with E-state index in [1.54, 1.807) is 18.3 Å². The van der Waals surface area contributed by atoms with Crippen molar-refractivity contribution >= 4 is 50.7 Å². The first-order valence-electron chi connectivity index (χ1n) is 11.0. The first kappa shape index (κ1) is 18.0. The first-order chi connectivity index (χ1) is 15.8. The third kappa shape index (κ3) is 1.99. The van der Waals surface area contributed by atoms with Crippen molar-refractivity contribution in [2.75, 3.05) is 0 Å². The summed E-state index contributed by atoms with van der Waals surface area (Å²) in [6.45, 7) is 0. The molecule has 2 spiro atoms. The van der Waals surface area contributed by atoms with Gasteiger partial charge in [-0.05, 0) is 0 Å². The van der Waals surface area contributed by atoms with Crippen LogP contribution < -0.4 is 7.22 Å². The van der Waals surface area contributed by atoms with Crippen molar-refractivity contribution in [1.82, 2.24) is 0 Å². The molecule has 0 aromatic heterocycles. The van der Waals surface area contributed by atoms with Gasteiger partial charge in [-0.25, -0.2) is 0 Å². The van der Waals surface area contributed by atoms with Crippen LogP contribution in [0.5, 0.6) is 0 Å². The van der Waals surface area contributed by atoms with E-state index >= 15 is 0 Å². The molecule has 0 bridgehead atoms. The van der Waals surface area contributed by atoms with Crippen LogP contribution in [0.15, 0.2) is 109 Å². The normalized spacial score (nSPS) is 20.6. The Morgan fingerprint density at radius 3 is 1.72 bits per heavy atom. The molecule has 0 saturated carbocycles. The molecule has 2 heterocycles. The van der Waals surface area contributed by atoms with Crippen molar-refractivity contribution in [3.63, 3.8) is 0 Å². The predicted octanol–water partition coefficient (Wildman–Crippen LogP) is 5.72. The minimum absolute atomic E-state index is 0.0347. The molecule has 0 amide bonds. The number of rotatable bonds is 0. The van der Waals surface area contributed by atoms with E-state index in [-0.39, 0.29) is 30.4 Å². The summed E-state index contributed by atoms with van der Waals surface area (Å²) in [7, 11) is 0. The minimum atomic E-state index is -0.370. The van der Waals surface area contributed by atoms with Crippen LogP contribution in [0.2, 0.25) is 0 Å². The standard InChI is InChI=1S/C30H18STe/c1-2-10-20-18-26-22(17-19(20)9-1)21-11-3-4-12-23(21)29(26)30(31-29)24-13-5-7-15-27(24)32-28-16-8-6-14-25(28)30/h1-18H. The van der Waals surface area contributed by atoms with Gasteiger partial charge in [0.1, 0.15) is 0 Å². The third-order valence-electron chi connectivity index (χ3n) is 7.37. The summed E-state index contributed by atoms with van der Waals surface area (Å²) in [5, 5.41) is 2.67. The molecule has 5 aromatic carbocycles.